The third-order valence-electron chi connectivity index (χ3n) is 2.66. The van der Waals surface area contributed by atoms with Crippen LogP contribution in [0.3, 0.4) is 0 Å². The van der Waals surface area contributed by atoms with Gasteiger partial charge in [-0.25, -0.2) is 0 Å². The summed E-state index contributed by atoms with van der Waals surface area (Å²) in [6, 6.07) is 15.6. The third kappa shape index (κ3) is 3.60. The van der Waals surface area contributed by atoms with Gasteiger partial charge in [-0.1, -0.05) is 0 Å². The Balaban J connectivity index is 0. The minimum Gasteiger partial charge on any atom is -0.358 e. The summed E-state index contributed by atoms with van der Waals surface area (Å²) in [5.74, 6) is -0.302. The first-order valence-electron chi connectivity index (χ1n) is 4.90. The van der Waals surface area contributed by atoms with Crippen molar-refractivity contribution < 1.29 is 75.0 Å². The van der Waals surface area contributed by atoms with Gasteiger partial charge in [0.2, 0.25) is 0 Å². The summed E-state index contributed by atoms with van der Waals surface area (Å²) < 4.78 is 0. The van der Waals surface area contributed by atoms with Gasteiger partial charge in [-0.2, -0.15) is 0 Å². The molecule has 0 aliphatic heterocycles. The SMILES string of the molecule is O=C1c2[c-]cccc2C(=O)c2[c-]cccc21.[CH3-].[CH3-].[Y].[Y]. The second-order valence-corrected chi connectivity index (χ2v) is 3.58. The molecule has 0 saturated carbocycles. The van der Waals surface area contributed by atoms with Crippen LogP contribution in [0.5, 0.6) is 0 Å². The van der Waals surface area contributed by atoms with Crippen molar-refractivity contribution in [3.63, 3.8) is 0 Å². The third-order valence-corrected chi connectivity index (χ3v) is 2.66. The van der Waals surface area contributed by atoms with Crippen molar-refractivity contribution in [1.29, 1.82) is 0 Å². The molecule has 2 aromatic carbocycles. The molecule has 3 rings (SSSR count). The fraction of sp³-hybridized carbons (Fsp3) is 0. The van der Waals surface area contributed by atoms with Crippen molar-refractivity contribution in [1.82, 2.24) is 0 Å². The molecule has 0 bridgehead atoms. The molecule has 0 saturated heterocycles. The Bertz CT molecular complexity index is 516. The van der Waals surface area contributed by atoms with Crippen LogP contribution in [0.25, 0.3) is 0 Å². The Labute approximate surface area is 170 Å². The zero-order valence-corrected chi connectivity index (χ0v) is 17.1. The Morgan fingerprint density at radius 1 is 0.700 bits per heavy atom. The van der Waals surface area contributed by atoms with E-state index in [1.165, 1.54) is 0 Å². The van der Waals surface area contributed by atoms with E-state index in [-0.39, 0.29) is 91.8 Å². The van der Waals surface area contributed by atoms with E-state index in [1.807, 2.05) is 0 Å². The van der Waals surface area contributed by atoms with Crippen molar-refractivity contribution in [2.45, 2.75) is 0 Å². The molecule has 4 heteroatoms. The molecule has 2 radical (unpaired) electrons. The van der Waals surface area contributed by atoms with Crippen LogP contribution in [0.2, 0.25) is 0 Å². The monoisotopic (exact) mass is 414 g/mol. The number of hydrogen-bond donors (Lipinski definition) is 0. The quantitative estimate of drug-likeness (QED) is 0.531. The first-order chi connectivity index (χ1) is 7.79. The van der Waals surface area contributed by atoms with Crippen LogP contribution in [0.15, 0.2) is 36.4 Å². The zero-order valence-electron chi connectivity index (χ0n) is 11.4. The fourth-order valence-electron chi connectivity index (χ4n) is 1.90. The van der Waals surface area contributed by atoms with Crippen LogP contribution in [0.4, 0.5) is 0 Å². The van der Waals surface area contributed by atoms with Gasteiger partial charge in [-0.15, -0.1) is 70.8 Å². The molecular formula is C16H12O2Y2-4. The second-order valence-electron chi connectivity index (χ2n) is 3.58. The maximum Gasteiger partial charge on any atom is 0.0664 e. The summed E-state index contributed by atoms with van der Waals surface area (Å²) in [7, 11) is 0. The van der Waals surface area contributed by atoms with Gasteiger partial charge < -0.3 is 24.4 Å². The maximum atomic E-state index is 12.1. The van der Waals surface area contributed by atoms with Crippen LogP contribution in [0, 0.1) is 27.0 Å². The predicted octanol–water partition coefficient (Wildman–Crippen LogP) is 2.96. The number of carbonyl (C=O) groups excluding carboxylic acids is 2. The molecule has 0 unspecified atom stereocenters. The van der Waals surface area contributed by atoms with Gasteiger partial charge in [0.25, 0.3) is 0 Å². The van der Waals surface area contributed by atoms with E-state index in [4.69, 9.17) is 0 Å². The van der Waals surface area contributed by atoms with Crippen LogP contribution in [0.1, 0.15) is 31.8 Å². The molecule has 0 atom stereocenters. The second kappa shape index (κ2) is 9.10. The van der Waals surface area contributed by atoms with Gasteiger partial charge in [-0.05, 0) is 0 Å². The standard InChI is InChI=1S/C14H6O2.2CH3.2Y/c15-13-9-5-1-2-6-10(9)14(16)12-8-4-3-7-11(12)13;;;;/h1-5,8H;2*1H3;;/q-2;2*-1;;. The average molecular weight is 414 g/mol. The summed E-state index contributed by atoms with van der Waals surface area (Å²) in [6.45, 7) is 0. The van der Waals surface area contributed by atoms with Crippen molar-refractivity contribution in [2.75, 3.05) is 0 Å². The van der Waals surface area contributed by atoms with E-state index < -0.39 is 0 Å². The van der Waals surface area contributed by atoms with Gasteiger partial charge in [0.15, 0.2) is 0 Å². The molecule has 0 spiro atoms. The molecule has 0 heterocycles. The van der Waals surface area contributed by atoms with Gasteiger partial charge in [0.05, 0.1) is 11.6 Å². The van der Waals surface area contributed by atoms with Gasteiger partial charge in [0, 0.05) is 65.4 Å². The molecule has 2 nitrogen and oxygen atoms in total. The molecular weight excluding hydrogens is 402 g/mol. The summed E-state index contributed by atoms with van der Waals surface area (Å²) in [5, 5.41) is 0. The number of ketones is 2. The number of hydrogen-bond acceptors (Lipinski definition) is 2. The molecule has 0 aromatic heterocycles. The Morgan fingerprint density at radius 2 is 1.05 bits per heavy atom. The largest absolute Gasteiger partial charge is 0.358 e. The van der Waals surface area contributed by atoms with Crippen molar-refractivity contribution in [3.05, 3.63) is 85.6 Å². The average Bonchev–Trinajstić information content (AvgIpc) is 2.36. The topological polar surface area (TPSA) is 34.1 Å². The summed E-state index contributed by atoms with van der Waals surface area (Å²) in [4.78, 5) is 24.1. The Hall–Kier alpha value is -0.0122. The Morgan fingerprint density at radius 3 is 1.40 bits per heavy atom. The smallest absolute Gasteiger partial charge is 0.0664 e. The molecule has 1 aliphatic carbocycles. The number of fused-ring (bicyclic) bond motifs is 2. The van der Waals surface area contributed by atoms with E-state index in [2.05, 4.69) is 12.1 Å². The van der Waals surface area contributed by atoms with Crippen LogP contribution < -0.4 is 0 Å². The van der Waals surface area contributed by atoms with Gasteiger partial charge in [0.1, 0.15) is 0 Å². The van der Waals surface area contributed by atoms with Crippen molar-refractivity contribution >= 4 is 11.6 Å². The summed E-state index contributed by atoms with van der Waals surface area (Å²) in [6.07, 6.45) is 0. The molecule has 98 valence electrons. The molecule has 0 N–H and O–H groups in total. The molecule has 0 fully saturated rings. The van der Waals surface area contributed by atoms with E-state index >= 15 is 0 Å². The molecule has 2 aromatic rings. The Kier molecular flexibility index (Phi) is 10.1. The van der Waals surface area contributed by atoms with E-state index in [0.717, 1.165) is 0 Å². The van der Waals surface area contributed by atoms with E-state index in [0.29, 0.717) is 22.3 Å². The molecule has 20 heavy (non-hydrogen) atoms. The normalized spacial score (nSPS) is 10.6. The first-order valence-corrected chi connectivity index (χ1v) is 4.90. The summed E-state index contributed by atoms with van der Waals surface area (Å²) in [5.41, 5.74) is 1.56. The number of carbonyl (C=O) groups is 2. The van der Waals surface area contributed by atoms with Crippen LogP contribution >= 0.6 is 0 Å². The predicted molar refractivity (Wildman–Crippen MR) is 70.2 cm³/mol. The fourth-order valence-corrected chi connectivity index (χ4v) is 1.90. The van der Waals surface area contributed by atoms with Crippen LogP contribution in [-0.4, -0.2) is 11.6 Å². The minimum atomic E-state index is -0.151. The van der Waals surface area contributed by atoms with E-state index in [9.17, 15) is 9.59 Å². The first kappa shape index (κ1) is 22.3. The van der Waals surface area contributed by atoms with E-state index in [1.54, 1.807) is 36.4 Å². The maximum absolute atomic E-state index is 12.1. The molecule has 1 aliphatic rings. The van der Waals surface area contributed by atoms with Crippen molar-refractivity contribution in [3.8, 4) is 0 Å². The van der Waals surface area contributed by atoms with Crippen LogP contribution in [-0.2, 0) is 65.4 Å². The van der Waals surface area contributed by atoms with Gasteiger partial charge >= 0.3 is 0 Å². The number of rotatable bonds is 0. The number of benzene rings is 2. The zero-order chi connectivity index (χ0) is 11.1. The summed E-state index contributed by atoms with van der Waals surface area (Å²) >= 11 is 0. The molecule has 0 amide bonds. The minimum absolute atomic E-state index is 0. The van der Waals surface area contributed by atoms with Gasteiger partial charge in [-0.3, -0.25) is 0 Å². The van der Waals surface area contributed by atoms with Crippen molar-refractivity contribution in [2.24, 2.45) is 0 Å².